The zero-order valence-corrected chi connectivity index (χ0v) is 9.64. The topological polar surface area (TPSA) is 43.1 Å². The van der Waals surface area contributed by atoms with Crippen LogP contribution < -0.4 is 3.27 Å². The Morgan fingerprint density at radius 3 is 2.60 bits per heavy atom. The van der Waals surface area contributed by atoms with Crippen molar-refractivity contribution in [3.8, 4) is 0 Å². The minimum atomic E-state index is -0.369. The van der Waals surface area contributed by atoms with E-state index in [0.717, 1.165) is 3.27 Å². The number of nitro benzene ring substituents is 1. The van der Waals surface area contributed by atoms with Crippen molar-refractivity contribution >= 4 is 33.7 Å². The Bertz CT molecular complexity index is 262. The SMILES string of the molecule is O=[N+]([O-])c1ccc[c]([BiH2])c1. The van der Waals surface area contributed by atoms with Gasteiger partial charge in [0.25, 0.3) is 0 Å². The van der Waals surface area contributed by atoms with Gasteiger partial charge in [0.1, 0.15) is 0 Å². The second kappa shape index (κ2) is 3.06. The van der Waals surface area contributed by atoms with Gasteiger partial charge in [0.15, 0.2) is 0 Å². The Morgan fingerprint density at radius 2 is 2.20 bits per heavy atom. The second-order valence-corrected chi connectivity index (χ2v) is 4.44. The van der Waals surface area contributed by atoms with E-state index in [0.29, 0.717) is 24.7 Å². The van der Waals surface area contributed by atoms with Crippen LogP contribution in [0, 0.1) is 10.1 Å². The van der Waals surface area contributed by atoms with Crippen molar-refractivity contribution in [2.45, 2.75) is 0 Å². The molecule has 3 nitrogen and oxygen atoms in total. The Labute approximate surface area is 73.1 Å². The van der Waals surface area contributed by atoms with Crippen molar-refractivity contribution in [1.29, 1.82) is 0 Å². The number of hydrogen-bond acceptors (Lipinski definition) is 2. The number of rotatable bonds is 1. The minimum absolute atomic E-state index is 0.194. The standard InChI is InChI=1S/C6H4NO2.Bi.2H/c8-7(9)6-4-2-1-3-5-6;;;/h1-2,4-5H;;;. The molecule has 1 rings (SSSR count). The monoisotopic (exact) mass is 333 g/mol. The summed E-state index contributed by atoms with van der Waals surface area (Å²) in [6.07, 6.45) is 0. The van der Waals surface area contributed by atoms with Gasteiger partial charge in [0, 0.05) is 0 Å². The number of non-ortho nitro benzene ring substituents is 1. The molecule has 4 heteroatoms. The molecule has 0 unspecified atom stereocenters. The second-order valence-electron chi connectivity index (χ2n) is 1.85. The summed E-state index contributed by atoms with van der Waals surface area (Å²) in [5, 5.41) is 10.2. The molecule has 0 amide bonds. The van der Waals surface area contributed by atoms with Crippen molar-refractivity contribution in [2.24, 2.45) is 0 Å². The molecule has 52 valence electrons. The van der Waals surface area contributed by atoms with Crippen LogP contribution >= 0.6 is 0 Å². The van der Waals surface area contributed by atoms with Crippen LogP contribution in [0.25, 0.3) is 0 Å². The summed E-state index contributed by atoms with van der Waals surface area (Å²) in [7, 11) is 0. The van der Waals surface area contributed by atoms with Gasteiger partial charge in [-0.15, -0.1) is 0 Å². The maximum absolute atomic E-state index is 10.2. The molecule has 0 atom stereocenters. The molecule has 0 spiro atoms. The van der Waals surface area contributed by atoms with E-state index in [1.807, 2.05) is 6.07 Å². The fourth-order valence-corrected chi connectivity index (χ4v) is 1.73. The van der Waals surface area contributed by atoms with Crippen LogP contribution in [0.5, 0.6) is 0 Å². The first-order chi connectivity index (χ1) is 4.70. The summed E-state index contributed by atoms with van der Waals surface area (Å²) in [4.78, 5) is 9.81. The van der Waals surface area contributed by atoms with E-state index in [2.05, 4.69) is 0 Å². The van der Waals surface area contributed by atoms with E-state index in [-0.39, 0.29) is 10.6 Å². The zero-order chi connectivity index (χ0) is 7.56. The molecule has 10 heavy (non-hydrogen) atoms. The van der Waals surface area contributed by atoms with Crippen molar-refractivity contribution in [3.63, 3.8) is 0 Å². The molecule has 0 heterocycles. The van der Waals surface area contributed by atoms with Crippen molar-refractivity contribution in [2.75, 3.05) is 0 Å². The number of hydrogen-bond donors (Lipinski definition) is 0. The molecule has 0 aliphatic carbocycles. The van der Waals surface area contributed by atoms with Gasteiger partial charge in [0.05, 0.1) is 0 Å². The number of benzene rings is 1. The maximum atomic E-state index is 10.2. The van der Waals surface area contributed by atoms with Crippen LogP contribution in [-0.4, -0.2) is 29.6 Å². The third-order valence-corrected chi connectivity index (χ3v) is 2.48. The van der Waals surface area contributed by atoms with Crippen LogP contribution in [0.3, 0.4) is 0 Å². The Morgan fingerprint density at radius 1 is 1.50 bits per heavy atom. The summed E-state index contributed by atoms with van der Waals surface area (Å²) in [5.41, 5.74) is 0.194. The molecule has 0 aliphatic heterocycles. The van der Waals surface area contributed by atoms with Crippen molar-refractivity contribution in [1.82, 2.24) is 0 Å². The first-order valence-electron chi connectivity index (χ1n) is 2.70. The van der Waals surface area contributed by atoms with Gasteiger partial charge in [0.2, 0.25) is 0 Å². The summed E-state index contributed by atoms with van der Waals surface area (Å²) >= 11 is 0.671. The number of nitro groups is 1. The van der Waals surface area contributed by atoms with Crippen molar-refractivity contribution in [3.05, 3.63) is 34.4 Å². The zero-order valence-electron chi connectivity index (χ0n) is 5.15. The molecule has 0 N–H and O–H groups in total. The Balaban J connectivity index is 3.07. The third-order valence-electron chi connectivity index (χ3n) is 1.08. The molecule has 0 aromatic heterocycles. The molecule has 0 radical (unpaired) electrons. The van der Waals surface area contributed by atoms with Gasteiger partial charge >= 0.3 is 73.0 Å². The Kier molecular flexibility index (Phi) is 2.33. The van der Waals surface area contributed by atoms with Gasteiger partial charge in [-0.25, -0.2) is 0 Å². The summed E-state index contributed by atoms with van der Waals surface area (Å²) in [5.74, 6) is 0. The third kappa shape index (κ3) is 1.74. The van der Waals surface area contributed by atoms with Gasteiger partial charge in [-0.3, -0.25) is 0 Å². The fraction of sp³-hybridized carbons (Fsp3) is 0. The first-order valence-corrected chi connectivity index (χ1v) is 4.94. The molecule has 0 fully saturated rings. The van der Waals surface area contributed by atoms with Crippen LogP contribution in [-0.2, 0) is 0 Å². The normalized spacial score (nSPS) is 9.30. The molecule has 0 bridgehead atoms. The molecular weight excluding hydrogens is 327 g/mol. The van der Waals surface area contributed by atoms with Crippen LogP contribution in [0.2, 0.25) is 0 Å². The van der Waals surface area contributed by atoms with Gasteiger partial charge in [-0.05, 0) is 0 Å². The van der Waals surface area contributed by atoms with E-state index < -0.39 is 0 Å². The van der Waals surface area contributed by atoms with Crippen molar-refractivity contribution < 1.29 is 4.92 Å². The molecule has 0 saturated heterocycles. The molecule has 1 aromatic carbocycles. The summed E-state index contributed by atoms with van der Waals surface area (Å²) in [6, 6.07) is 6.74. The fourth-order valence-electron chi connectivity index (χ4n) is 0.638. The first kappa shape index (κ1) is 7.61. The van der Waals surface area contributed by atoms with Crippen LogP contribution in [0.4, 0.5) is 5.69 Å². The van der Waals surface area contributed by atoms with Crippen LogP contribution in [0.15, 0.2) is 24.3 Å². The molecule has 1 aromatic rings. The van der Waals surface area contributed by atoms with E-state index in [4.69, 9.17) is 0 Å². The Hall–Kier alpha value is -0.497. The van der Waals surface area contributed by atoms with E-state index >= 15 is 0 Å². The number of nitrogens with zero attached hydrogens (tertiary/aromatic N) is 1. The predicted octanol–water partition coefficient (Wildman–Crippen LogP) is -0.147. The molecule has 0 saturated carbocycles. The van der Waals surface area contributed by atoms with E-state index in [9.17, 15) is 10.1 Å². The van der Waals surface area contributed by atoms with Gasteiger partial charge in [-0.2, -0.15) is 0 Å². The average molecular weight is 333 g/mol. The van der Waals surface area contributed by atoms with Gasteiger partial charge < -0.3 is 0 Å². The quantitative estimate of drug-likeness (QED) is 0.408. The average Bonchev–Trinajstić information content (AvgIpc) is 1.88. The summed E-state index contributed by atoms with van der Waals surface area (Å²) in [6.45, 7) is 0. The molecular formula is C6H6BiNO2. The van der Waals surface area contributed by atoms with Crippen LogP contribution in [0.1, 0.15) is 0 Å². The molecule has 0 aliphatic rings. The van der Waals surface area contributed by atoms with E-state index in [1.165, 1.54) is 6.07 Å². The van der Waals surface area contributed by atoms with Gasteiger partial charge in [-0.1, -0.05) is 0 Å². The predicted molar refractivity (Wildman–Crippen MR) is 41.3 cm³/mol. The summed E-state index contributed by atoms with van der Waals surface area (Å²) < 4.78 is 1.08. The van der Waals surface area contributed by atoms with E-state index in [1.54, 1.807) is 12.1 Å².